The van der Waals surface area contributed by atoms with Gasteiger partial charge >= 0.3 is 0 Å². The van der Waals surface area contributed by atoms with Crippen molar-refractivity contribution < 1.29 is 9.47 Å². The molecule has 0 aliphatic rings. The fourth-order valence-electron chi connectivity index (χ4n) is 1.52. The minimum absolute atomic E-state index is 0.0887. The van der Waals surface area contributed by atoms with Gasteiger partial charge in [-0.2, -0.15) is 0 Å². The normalized spacial score (nSPS) is 10.0. The molecule has 5 nitrogen and oxygen atoms in total. The molecule has 0 radical (unpaired) electrons. The predicted molar refractivity (Wildman–Crippen MR) is 61.8 cm³/mol. The van der Waals surface area contributed by atoms with Crippen LogP contribution in [0.4, 0.5) is 0 Å². The molecule has 0 atom stereocenters. The minimum Gasteiger partial charge on any atom is -0.477 e. The summed E-state index contributed by atoms with van der Waals surface area (Å²) in [6.07, 6.45) is 1.57. The number of ether oxygens (including phenoxy) is 2. The standard InChI is InChI=1S/C12H11N3O2/c1-7-4-9-10(5-8(7)2)15-12(17-6-13)11(14-9)16-3/h4-5H,1-3H3. The number of hydrogen-bond donors (Lipinski definition) is 0. The number of aromatic nitrogens is 2. The van der Waals surface area contributed by atoms with Crippen LogP contribution in [0.25, 0.3) is 11.0 Å². The summed E-state index contributed by atoms with van der Waals surface area (Å²) in [7, 11) is 1.46. The van der Waals surface area contributed by atoms with E-state index >= 15 is 0 Å². The Morgan fingerprint density at radius 3 is 2.06 bits per heavy atom. The summed E-state index contributed by atoms with van der Waals surface area (Å²) in [5, 5.41) is 8.51. The van der Waals surface area contributed by atoms with Gasteiger partial charge in [0.15, 0.2) is 0 Å². The highest BCUT2D eigenvalue weighted by molar-refractivity contribution is 5.77. The molecule has 0 saturated carbocycles. The van der Waals surface area contributed by atoms with E-state index in [1.54, 1.807) is 6.26 Å². The van der Waals surface area contributed by atoms with E-state index in [-0.39, 0.29) is 11.8 Å². The van der Waals surface area contributed by atoms with Gasteiger partial charge in [0, 0.05) is 0 Å². The van der Waals surface area contributed by atoms with Gasteiger partial charge < -0.3 is 9.47 Å². The average molecular weight is 229 g/mol. The Morgan fingerprint density at radius 1 is 1.06 bits per heavy atom. The van der Waals surface area contributed by atoms with Crippen molar-refractivity contribution in [3.05, 3.63) is 23.3 Å². The van der Waals surface area contributed by atoms with Crippen LogP contribution in [-0.2, 0) is 0 Å². The number of nitriles is 1. The van der Waals surface area contributed by atoms with Crippen LogP contribution in [-0.4, -0.2) is 17.1 Å². The molecular weight excluding hydrogens is 218 g/mol. The fourth-order valence-corrected chi connectivity index (χ4v) is 1.52. The number of benzene rings is 1. The lowest BCUT2D eigenvalue weighted by atomic mass is 10.1. The van der Waals surface area contributed by atoms with Crippen LogP contribution in [0.3, 0.4) is 0 Å². The van der Waals surface area contributed by atoms with Crippen molar-refractivity contribution in [2.75, 3.05) is 7.11 Å². The van der Waals surface area contributed by atoms with Crippen LogP contribution >= 0.6 is 0 Å². The van der Waals surface area contributed by atoms with Crippen molar-refractivity contribution in [2.45, 2.75) is 13.8 Å². The third kappa shape index (κ3) is 1.97. The summed E-state index contributed by atoms with van der Waals surface area (Å²) >= 11 is 0. The third-order valence-electron chi connectivity index (χ3n) is 2.55. The maximum Gasteiger partial charge on any atom is 0.296 e. The topological polar surface area (TPSA) is 68.0 Å². The first-order valence-corrected chi connectivity index (χ1v) is 5.04. The lowest BCUT2D eigenvalue weighted by Crippen LogP contribution is -1.98. The van der Waals surface area contributed by atoms with Crippen molar-refractivity contribution in [3.8, 4) is 18.0 Å². The second-order valence-electron chi connectivity index (χ2n) is 3.66. The number of aryl methyl sites for hydroxylation is 2. The van der Waals surface area contributed by atoms with Gasteiger partial charge in [-0.3, -0.25) is 0 Å². The highest BCUT2D eigenvalue weighted by Crippen LogP contribution is 2.26. The first-order valence-electron chi connectivity index (χ1n) is 5.04. The van der Waals surface area contributed by atoms with Crippen molar-refractivity contribution in [3.63, 3.8) is 0 Å². The number of rotatable bonds is 2. The van der Waals surface area contributed by atoms with E-state index in [9.17, 15) is 0 Å². The smallest absolute Gasteiger partial charge is 0.296 e. The van der Waals surface area contributed by atoms with E-state index < -0.39 is 0 Å². The van der Waals surface area contributed by atoms with Crippen LogP contribution in [0, 0.1) is 25.4 Å². The van der Waals surface area contributed by atoms with Gasteiger partial charge in [-0.25, -0.2) is 9.97 Å². The first kappa shape index (κ1) is 11.1. The summed E-state index contributed by atoms with van der Waals surface area (Å²) in [5.41, 5.74) is 3.64. The van der Waals surface area contributed by atoms with Gasteiger partial charge in [-0.1, -0.05) is 0 Å². The second-order valence-corrected chi connectivity index (χ2v) is 3.66. The highest BCUT2D eigenvalue weighted by Gasteiger charge is 2.11. The predicted octanol–water partition coefficient (Wildman–Crippen LogP) is 2.12. The van der Waals surface area contributed by atoms with Crippen LogP contribution < -0.4 is 9.47 Å². The van der Waals surface area contributed by atoms with Crippen LogP contribution in [0.2, 0.25) is 0 Å². The second kappa shape index (κ2) is 4.26. The Labute approximate surface area is 98.6 Å². The number of hydrogen-bond acceptors (Lipinski definition) is 5. The Balaban J connectivity index is 2.70. The zero-order valence-corrected chi connectivity index (χ0v) is 9.81. The first-order chi connectivity index (χ1) is 8.15. The molecule has 2 aromatic rings. The van der Waals surface area contributed by atoms with Gasteiger partial charge in [0.05, 0.1) is 18.1 Å². The molecule has 0 aliphatic carbocycles. The Morgan fingerprint density at radius 2 is 1.59 bits per heavy atom. The van der Waals surface area contributed by atoms with Gasteiger partial charge in [0.25, 0.3) is 18.0 Å². The monoisotopic (exact) mass is 229 g/mol. The molecule has 0 spiro atoms. The number of methoxy groups -OCH3 is 1. The lowest BCUT2D eigenvalue weighted by molar-refractivity contribution is 0.363. The summed E-state index contributed by atoms with van der Waals surface area (Å²) < 4.78 is 9.74. The molecule has 17 heavy (non-hydrogen) atoms. The summed E-state index contributed by atoms with van der Waals surface area (Å²) in [6, 6.07) is 3.83. The molecule has 0 fully saturated rings. The maximum atomic E-state index is 8.51. The zero-order valence-electron chi connectivity index (χ0n) is 9.81. The van der Waals surface area contributed by atoms with E-state index in [0.29, 0.717) is 5.52 Å². The molecule has 0 bridgehead atoms. The number of fused-ring (bicyclic) bond motifs is 1. The van der Waals surface area contributed by atoms with Crippen LogP contribution in [0.15, 0.2) is 12.1 Å². The molecule has 1 aromatic heterocycles. The van der Waals surface area contributed by atoms with E-state index in [0.717, 1.165) is 16.6 Å². The molecule has 1 aromatic carbocycles. The van der Waals surface area contributed by atoms with Crippen LogP contribution in [0.5, 0.6) is 11.8 Å². The SMILES string of the molecule is COc1nc2cc(C)c(C)cc2nc1OC#N. The summed E-state index contributed by atoms with van der Waals surface area (Å²) in [6.45, 7) is 3.99. The molecule has 0 saturated heterocycles. The Bertz CT molecular complexity index is 617. The lowest BCUT2D eigenvalue weighted by Gasteiger charge is -2.07. The van der Waals surface area contributed by atoms with Crippen LogP contribution in [0.1, 0.15) is 11.1 Å². The molecule has 1 heterocycles. The minimum atomic E-state index is 0.0887. The van der Waals surface area contributed by atoms with E-state index in [1.807, 2.05) is 26.0 Å². The van der Waals surface area contributed by atoms with E-state index in [1.165, 1.54) is 7.11 Å². The molecule has 5 heteroatoms. The summed E-state index contributed by atoms with van der Waals surface area (Å²) in [5.74, 6) is 0.299. The van der Waals surface area contributed by atoms with Crippen molar-refractivity contribution >= 4 is 11.0 Å². The highest BCUT2D eigenvalue weighted by atomic mass is 16.5. The summed E-state index contributed by atoms with van der Waals surface area (Å²) in [4.78, 5) is 8.46. The molecule has 2 rings (SSSR count). The van der Waals surface area contributed by atoms with Crippen molar-refractivity contribution in [1.82, 2.24) is 9.97 Å². The molecule has 86 valence electrons. The molecule has 0 N–H and O–H groups in total. The van der Waals surface area contributed by atoms with Crippen molar-refractivity contribution in [2.24, 2.45) is 0 Å². The quantitative estimate of drug-likeness (QED) is 0.738. The Kier molecular flexibility index (Phi) is 2.79. The van der Waals surface area contributed by atoms with Gasteiger partial charge in [-0.05, 0) is 37.1 Å². The zero-order chi connectivity index (χ0) is 12.4. The molecular formula is C12H11N3O2. The third-order valence-corrected chi connectivity index (χ3v) is 2.55. The maximum absolute atomic E-state index is 8.51. The van der Waals surface area contributed by atoms with E-state index in [2.05, 4.69) is 9.97 Å². The largest absolute Gasteiger partial charge is 0.477 e. The fraction of sp³-hybridized carbons (Fsp3) is 0.250. The van der Waals surface area contributed by atoms with Gasteiger partial charge in [0.1, 0.15) is 0 Å². The molecule has 0 amide bonds. The van der Waals surface area contributed by atoms with Gasteiger partial charge in [0.2, 0.25) is 0 Å². The molecule has 0 unspecified atom stereocenters. The average Bonchev–Trinajstić information content (AvgIpc) is 2.31. The van der Waals surface area contributed by atoms with Crippen molar-refractivity contribution in [1.29, 1.82) is 5.26 Å². The Hall–Kier alpha value is -2.35. The van der Waals surface area contributed by atoms with E-state index in [4.69, 9.17) is 14.7 Å². The number of nitrogens with zero attached hydrogens (tertiary/aromatic N) is 3. The van der Waals surface area contributed by atoms with Gasteiger partial charge in [-0.15, -0.1) is 5.26 Å². The molecule has 0 aliphatic heterocycles.